The van der Waals surface area contributed by atoms with Crippen molar-refractivity contribution < 1.29 is 19.4 Å². The summed E-state index contributed by atoms with van der Waals surface area (Å²) in [6, 6.07) is 0. The van der Waals surface area contributed by atoms with Crippen LogP contribution in [0.3, 0.4) is 0 Å². The van der Waals surface area contributed by atoms with Gasteiger partial charge in [0.15, 0.2) is 0 Å². The Labute approximate surface area is 256 Å². The first kappa shape index (κ1) is 40.1. The van der Waals surface area contributed by atoms with Crippen LogP contribution < -0.4 is 0 Å². The number of esters is 1. The molecule has 244 valence electrons. The quantitative estimate of drug-likeness (QED) is 0.0467. The summed E-state index contributed by atoms with van der Waals surface area (Å²) in [7, 11) is 0. The number of aliphatic hydroxyl groups is 1. The highest BCUT2D eigenvalue weighted by Gasteiger charge is 2.13. The largest absolute Gasteiger partial charge is 0.457 e. The van der Waals surface area contributed by atoms with Crippen LogP contribution in [-0.2, 0) is 14.3 Å². The molecule has 0 spiro atoms. The Balaban J connectivity index is 3.42. The fourth-order valence-corrected chi connectivity index (χ4v) is 5.32. The third kappa shape index (κ3) is 33.5. The van der Waals surface area contributed by atoms with Crippen molar-refractivity contribution in [1.29, 1.82) is 0 Å². The second-order valence-electron chi connectivity index (χ2n) is 12.3. The fraction of sp³-hybridized carbons (Fsp3) is 0.919. The minimum absolute atomic E-state index is 0.169. The van der Waals surface area contributed by atoms with Gasteiger partial charge in [-0.1, -0.05) is 161 Å². The lowest BCUT2D eigenvalue weighted by Crippen LogP contribution is -2.27. The van der Waals surface area contributed by atoms with Crippen molar-refractivity contribution >= 4 is 5.97 Å². The molecule has 0 saturated carbocycles. The van der Waals surface area contributed by atoms with E-state index in [1.807, 2.05) is 0 Å². The summed E-state index contributed by atoms with van der Waals surface area (Å²) in [5.41, 5.74) is 0. The number of ether oxygens (including phenoxy) is 2. The lowest BCUT2D eigenvalue weighted by molar-refractivity contribution is -0.154. The molecule has 0 aliphatic carbocycles. The number of carbonyl (C=O) groups is 1. The molecule has 41 heavy (non-hydrogen) atoms. The Morgan fingerprint density at radius 1 is 0.561 bits per heavy atom. The standard InChI is InChI=1S/C37H72O4/c1-3-5-7-9-11-13-15-17-18-19-21-23-25-27-29-31-33-40-35-36(34-38)41-37(39)32-30-28-26-24-22-20-16-14-12-10-8-6-4-2/h17-18,36,38H,3-16,19-35H2,1-2H3/t36-/m0/s1. The maximum atomic E-state index is 12.1. The van der Waals surface area contributed by atoms with Crippen molar-refractivity contribution in [3.63, 3.8) is 0 Å². The van der Waals surface area contributed by atoms with Gasteiger partial charge in [0, 0.05) is 13.0 Å². The van der Waals surface area contributed by atoms with Crippen LogP contribution in [0.4, 0.5) is 0 Å². The van der Waals surface area contributed by atoms with Gasteiger partial charge in [0.25, 0.3) is 0 Å². The van der Waals surface area contributed by atoms with Gasteiger partial charge in [-0.05, 0) is 38.5 Å². The van der Waals surface area contributed by atoms with E-state index < -0.39 is 6.10 Å². The Bertz CT molecular complexity index is 533. The molecule has 4 heteroatoms. The first-order chi connectivity index (χ1) is 20.2. The second-order valence-corrected chi connectivity index (χ2v) is 12.3. The number of hydrogen-bond donors (Lipinski definition) is 1. The zero-order valence-electron chi connectivity index (χ0n) is 27.8. The molecule has 0 aromatic rings. The van der Waals surface area contributed by atoms with E-state index in [0.717, 1.165) is 19.3 Å². The molecular formula is C37H72O4. The smallest absolute Gasteiger partial charge is 0.306 e. The van der Waals surface area contributed by atoms with Gasteiger partial charge in [-0.15, -0.1) is 0 Å². The van der Waals surface area contributed by atoms with Crippen LogP contribution in [0.1, 0.15) is 194 Å². The summed E-state index contributed by atoms with van der Waals surface area (Å²) in [6.07, 6.45) is 39.6. The summed E-state index contributed by atoms with van der Waals surface area (Å²) in [4.78, 5) is 12.1. The van der Waals surface area contributed by atoms with Crippen LogP contribution in [-0.4, -0.2) is 37.0 Å². The summed E-state index contributed by atoms with van der Waals surface area (Å²) >= 11 is 0. The topological polar surface area (TPSA) is 55.8 Å². The molecule has 4 nitrogen and oxygen atoms in total. The maximum absolute atomic E-state index is 12.1. The Kier molecular flexibility index (Phi) is 34.6. The van der Waals surface area contributed by atoms with E-state index in [2.05, 4.69) is 26.0 Å². The van der Waals surface area contributed by atoms with Gasteiger partial charge in [-0.3, -0.25) is 4.79 Å². The monoisotopic (exact) mass is 581 g/mol. The molecule has 0 fully saturated rings. The lowest BCUT2D eigenvalue weighted by Gasteiger charge is -2.15. The van der Waals surface area contributed by atoms with Gasteiger partial charge in [-0.2, -0.15) is 0 Å². The highest BCUT2D eigenvalue weighted by molar-refractivity contribution is 5.69. The van der Waals surface area contributed by atoms with Crippen molar-refractivity contribution in [2.45, 2.75) is 200 Å². The Morgan fingerprint density at radius 3 is 1.39 bits per heavy atom. The van der Waals surface area contributed by atoms with Gasteiger partial charge < -0.3 is 14.6 Å². The summed E-state index contributed by atoms with van der Waals surface area (Å²) in [6.45, 7) is 5.35. The SMILES string of the molecule is CCCCCCCCC=CCCCCCCCCOC[C@H](CO)OC(=O)CCCCCCCCCCCCCCC. The van der Waals surface area contributed by atoms with Gasteiger partial charge in [0.2, 0.25) is 0 Å². The van der Waals surface area contributed by atoms with E-state index in [1.54, 1.807) is 0 Å². The van der Waals surface area contributed by atoms with Crippen LogP contribution in [0.2, 0.25) is 0 Å². The average molecular weight is 581 g/mol. The molecule has 0 amide bonds. The minimum Gasteiger partial charge on any atom is -0.457 e. The van der Waals surface area contributed by atoms with Gasteiger partial charge in [0.05, 0.1) is 13.2 Å². The molecule has 0 bridgehead atoms. The third-order valence-corrected chi connectivity index (χ3v) is 8.09. The van der Waals surface area contributed by atoms with Crippen LogP contribution in [0.5, 0.6) is 0 Å². The second kappa shape index (κ2) is 35.3. The van der Waals surface area contributed by atoms with Gasteiger partial charge in [-0.25, -0.2) is 0 Å². The molecular weight excluding hydrogens is 508 g/mol. The highest BCUT2D eigenvalue weighted by atomic mass is 16.6. The number of hydrogen-bond acceptors (Lipinski definition) is 4. The molecule has 0 aliphatic rings. The molecule has 0 aromatic carbocycles. The van der Waals surface area contributed by atoms with Crippen molar-refractivity contribution in [3.05, 3.63) is 12.2 Å². The molecule has 1 atom stereocenters. The van der Waals surface area contributed by atoms with E-state index in [9.17, 15) is 9.90 Å². The number of rotatable bonds is 34. The van der Waals surface area contributed by atoms with Crippen LogP contribution in [0.15, 0.2) is 12.2 Å². The zero-order chi connectivity index (χ0) is 29.9. The van der Waals surface area contributed by atoms with Gasteiger partial charge >= 0.3 is 5.97 Å². The van der Waals surface area contributed by atoms with E-state index in [4.69, 9.17) is 9.47 Å². The molecule has 0 saturated heterocycles. The zero-order valence-corrected chi connectivity index (χ0v) is 27.8. The van der Waals surface area contributed by atoms with Crippen molar-refractivity contribution in [3.8, 4) is 0 Å². The molecule has 0 aromatic heterocycles. The summed E-state index contributed by atoms with van der Waals surface area (Å²) in [5.74, 6) is -0.201. The van der Waals surface area contributed by atoms with Crippen LogP contribution in [0, 0.1) is 0 Å². The number of aliphatic hydroxyl groups excluding tert-OH is 1. The Morgan fingerprint density at radius 2 is 0.951 bits per heavy atom. The lowest BCUT2D eigenvalue weighted by atomic mass is 10.0. The fourth-order valence-electron chi connectivity index (χ4n) is 5.32. The third-order valence-electron chi connectivity index (χ3n) is 8.09. The maximum Gasteiger partial charge on any atom is 0.306 e. The van der Waals surface area contributed by atoms with Crippen LogP contribution >= 0.6 is 0 Å². The van der Waals surface area contributed by atoms with E-state index in [-0.39, 0.29) is 12.6 Å². The molecule has 0 aliphatic heterocycles. The molecule has 1 N–H and O–H groups in total. The van der Waals surface area contributed by atoms with E-state index in [0.29, 0.717) is 19.6 Å². The van der Waals surface area contributed by atoms with Gasteiger partial charge in [0.1, 0.15) is 6.10 Å². The predicted molar refractivity (Wildman–Crippen MR) is 178 cm³/mol. The number of unbranched alkanes of at least 4 members (excludes halogenated alkanes) is 24. The number of carbonyl (C=O) groups excluding carboxylic acids is 1. The van der Waals surface area contributed by atoms with Crippen molar-refractivity contribution in [1.82, 2.24) is 0 Å². The first-order valence-electron chi connectivity index (χ1n) is 18.3. The molecule has 0 heterocycles. The first-order valence-corrected chi connectivity index (χ1v) is 18.3. The Hall–Kier alpha value is -0.870. The van der Waals surface area contributed by atoms with Crippen LogP contribution in [0.25, 0.3) is 0 Å². The highest BCUT2D eigenvalue weighted by Crippen LogP contribution is 2.14. The average Bonchev–Trinajstić information content (AvgIpc) is 2.98. The van der Waals surface area contributed by atoms with Crippen molar-refractivity contribution in [2.75, 3.05) is 19.8 Å². The van der Waals surface area contributed by atoms with E-state index in [1.165, 1.54) is 154 Å². The molecule has 0 rings (SSSR count). The van der Waals surface area contributed by atoms with Crippen molar-refractivity contribution in [2.24, 2.45) is 0 Å². The molecule has 0 radical (unpaired) electrons. The van der Waals surface area contributed by atoms with E-state index >= 15 is 0 Å². The number of allylic oxidation sites excluding steroid dienone is 2. The minimum atomic E-state index is -0.529. The summed E-state index contributed by atoms with van der Waals surface area (Å²) in [5, 5.41) is 9.54. The molecule has 0 unspecified atom stereocenters. The summed E-state index contributed by atoms with van der Waals surface area (Å²) < 4.78 is 11.1. The predicted octanol–water partition coefficient (Wildman–Crippen LogP) is 11.4. The normalized spacial score (nSPS) is 12.4.